The highest BCUT2D eigenvalue weighted by molar-refractivity contribution is 6.30. The first-order valence-corrected chi connectivity index (χ1v) is 7.69. The molecule has 1 heterocycles. The van der Waals surface area contributed by atoms with Gasteiger partial charge in [0.15, 0.2) is 11.4 Å². The van der Waals surface area contributed by atoms with E-state index in [-0.39, 0.29) is 17.3 Å². The van der Waals surface area contributed by atoms with Crippen molar-refractivity contribution in [3.05, 3.63) is 46.4 Å². The van der Waals surface area contributed by atoms with Crippen LogP contribution in [0.3, 0.4) is 0 Å². The fourth-order valence-corrected chi connectivity index (χ4v) is 2.49. The molecule has 0 amide bonds. The Bertz CT molecular complexity index is 806. The molecule has 1 fully saturated rings. The Labute approximate surface area is 145 Å². The third kappa shape index (κ3) is 3.74. The van der Waals surface area contributed by atoms with E-state index in [0.717, 1.165) is 7.11 Å². The summed E-state index contributed by atoms with van der Waals surface area (Å²) in [4.78, 5) is 27.9. The van der Waals surface area contributed by atoms with E-state index in [4.69, 9.17) is 11.6 Å². The van der Waals surface area contributed by atoms with Gasteiger partial charge in [0, 0.05) is 16.5 Å². The van der Waals surface area contributed by atoms with E-state index in [1.165, 1.54) is 0 Å². The summed E-state index contributed by atoms with van der Waals surface area (Å²) in [6.07, 6.45) is -3.42. The monoisotopic (exact) mass is 372 g/mol. The summed E-state index contributed by atoms with van der Waals surface area (Å²) in [7, 11) is 1.01. The zero-order valence-electron chi connectivity index (χ0n) is 12.9. The standard InChI is InChI=1S/C16H12ClF3N2O3/c1-24-25-15(23)13-14(16(18,19)20)22-12(8-2-3-8)11(21-13)9-4-6-10(17)7-5-9/h4-8H,2-3H2,1H3. The van der Waals surface area contributed by atoms with Gasteiger partial charge >= 0.3 is 12.1 Å². The lowest BCUT2D eigenvalue weighted by Gasteiger charge is -2.15. The highest BCUT2D eigenvalue weighted by atomic mass is 35.5. The second kappa shape index (κ2) is 6.61. The van der Waals surface area contributed by atoms with Crippen LogP contribution in [0.4, 0.5) is 13.2 Å². The number of nitrogens with zero attached hydrogens (tertiary/aromatic N) is 2. The minimum absolute atomic E-state index is 0.119. The number of hydrogen-bond acceptors (Lipinski definition) is 5. The van der Waals surface area contributed by atoms with E-state index in [0.29, 0.717) is 23.4 Å². The van der Waals surface area contributed by atoms with E-state index in [1.807, 2.05) is 0 Å². The number of aromatic nitrogens is 2. The number of hydrogen-bond donors (Lipinski definition) is 0. The Morgan fingerprint density at radius 3 is 2.36 bits per heavy atom. The maximum absolute atomic E-state index is 13.3. The second-order valence-electron chi connectivity index (χ2n) is 5.47. The van der Waals surface area contributed by atoms with Crippen LogP contribution in [0.1, 0.15) is 40.6 Å². The summed E-state index contributed by atoms with van der Waals surface area (Å²) >= 11 is 5.85. The summed E-state index contributed by atoms with van der Waals surface area (Å²) < 4.78 is 40.0. The number of alkyl halides is 3. The van der Waals surface area contributed by atoms with Crippen molar-refractivity contribution >= 4 is 17.6 Å². The molecule has 0 unspecified atom stereocenters. The first-order chi connectivity index (χ1) is 11.8. The van der Waals surface area contributed by atoms with Crippen molar-refractivity contribution in [2.75, 3.05) is 7.11 Å². The molecule has 0 bridgehead atoms. The van der Waals surface area contributed by atoms with Crippen molar-refractivity contribution in [3.63, 3.8) is 0 Å². The molecule has 0 aliphatic heterocycles. The zero-order valence-corrected chi connectivity index (χ0v) is 13.7. The summed E-state index contributed by atoms with van der Waals surface area (Å²) in [6, 6.07) is 6.38. The molecule has 0 radical (unpaired) electrons. The SMILES string of the molecule is COOC(=O)c1nc(-c2ccc(Cl)cc2)c(C2CC2)nc1C(F)(F)F. The summed E-state index contributed by atoms with van der Waals surface area (Å²) in [5.74, 6) is -1.48. The van der Waals surface area contributed by atoms with Gasteiger partial charge in [-0.3, -0.25) is 4.89 Å². The van der Waals surface area contributed by atoms with Crippen LogP contribution in [-0.4, -0.2) is 23.0 Å². The molecule has 5 nitrogen and oxygen atoms in total. The molecule has 1 saturated carbocycles. The van der Waals surface area contributed by atoms with E-state index < -0.39 is 23.5 Å². The van der Waals surface area contributed by atoms with Crippen LogP contribution in [0.2, 0.25) is 5.02 Å². The van der Waals surface area contributed by atoms with Crippen LogP contribution in [0.5, 0.6) is 0 Å². The molecule has 0 atom stereocenters. The number of carbonyl (C=O) groups is 1. The van der Waals surface area contributed by atoms with Gasteiger partial charge in [-0.1, -0.05) is 23.7 Å². The predicted molar refractivity (Wildman–Crippen MR) is 81.9 cm³/mol. The van der Waals surface area contributed by atoms with Crippen molar-refractivity contribution in [1.82, 2.24) is 9.97 Å². The third-order valence-electron chi connectivity index (χ3n) is 3.63. The highest BCUT2D eigenvalue weighted by Crippen LogP contribution is 2.44. The maximum atomic E-state index is 13.3. The van der Waals surface area contributed by atoms with Crippen LogP contribution in [0, 0.1) is 0 Å². The van der Waals surface area contributed by atoms with Gasteiger partial charge in [-0.05, 0) is 25.0 Å². The topological polar surface area (TPSA) is 61.3 Å². The van der Waals surface area contributed by atoms with Gasteiger partial charge in [-0.2, -0.15) is 18.1 Å². The van der Waals surface area contributed by atoms with Crippen LogP contribution >= 0.6 is 11.6 Å². The van der Waals surface area contributed by atoms with E-state index in [1.54, 1.807) is 24.3 Å². The van der Waals surface area contributed by atoms with Crippen molar-refractivity contribution in [1.29, 1.82) is 0 Å². The first-order valence-electron chi connectivity index (χ1n) is 7.31. The Hall–Kier alpha value is -2.19. The Balaban J connectivity index is 2.21. The quantitative estimate of drug-likeness (QED) is 0.587. The fraction of sp³-hybridized carbons (Fsp3) is 0.312. The van der Waals surface area contributed by atoms with Crippen LogP contribution in [-0.2, 0) is 16.0 Å². The van der Waals surface area contributed by atoms with E-state index in [9.17, 15) is 18.0 Å². The van der Waals surface area contributed by atoms with E-state index in [2.05, 4.69) is 19.7 Å². The molecule has 1 aromatic heterocycles. The minimum atomic E-state index is -4.85. The van der Waals surface area contributed by atoms with Crippen LogP contribution in [0.25, 0.3) is 11.3 Å². The maximum Gasteiger partial charge on any atom is 0.435 e. The fourth-order valence-electron chi connectivity index (χ4n) is 2.37. The molecule has 9 heteroatoms. The Morgan fingerprint density at radius 1 is 1.20 bits per heavy atom. The van der Waals surface area contributed by atoms with Gasteiger partial charge < -0.3 is 0 Å². The normalized spacial score (nSPS) is 14.4. The first kappa shape index (κ1) is 17.6. The molecule has 1 aliphatic carbocycles. The number of benzene rings is 1. The van der Waals surface area contributed by atoms with Crippen LogP contribution in [0.15, 0.2) is 24.3 Å². The summed E-state index contributed by atoms with van der Waals surface area (Å²) in [6.45, 7) is 0. The lowest BCUT2D eigenvalue weighted by atomic mass is 10.1. The molecular formula is C16H12ClF3N2O3. The van der Waals surface area contributed by atoms with Gasteiger partial charge in [0.1, 0.15) is 0 Å². The average molecular weight is 373 g/mol. The largest absolute Gasteiger partial charge is 0.435 e. The van der Waals surface area contributed by atoms with Crippen molar-refractivity contribution in [3.8, 4) is 11.3 Å². The number of halogens is 4. The second-order valence-corrected chi connectivity index (χ2v) is 5.91. The average Bonchev–Trinajstić information content (AvgIpc) is 3.38. The van der Waals surface area contributed by atoms with Gasteiger partial charge in [0.05, 0.1) is 18.5 Å². The van der Waals surface area contributed by atoms with Gasteiger partial charge in [0.2, 0.25) is 0 Å². The van der Waals surface area contributed by atoms with Crippen LogP contribution < -0.4 is 0 Å². The van der Waals surface area contributed by atoms with Crippen molar-refractivity contribution in [2.45, 2.75) is 24.9 Å². The Kier molecular flexibility index (Phi) is 4.66. The van der Waals surface area contributed by atoms with Gasteiger partial charge in [-0.25, -0.2) is 14.8 Å². The van der Waals surface area contributed by atoms with E-state index >= 15 is 0 Å². The lowest BCUT2D eigenvalue weighted by molar-refractivity contribution is -0.217. The summed E-state index contributed by atoms with van der Waals surface area (Å²) in [5.41, 5.74) is -1.39. The lowest BCUT2D eigenvalue weighted by Crippen LogP contribution is -2.21. The number of rotatable bonds is 4. The predicted octanol–water partition coefficient (Wildman–Crippen LogP) is 4.41. The molecule has 0 spiro atoms. The molecule has 2 aromatic rings. The molecule has 25 heavy (non-hydrogen) atoms. The molecular weight excluding hydrogens is 361 g/mol. The molecule has 0 saturated heterocycles. The highest BCUT2D eigenvalue weighted by Gasteiger charge is 2.42. The Morgan fingerprint density at radius 2 is 1.84 bits per heavy atom. The molecule has 3 rings (SSSR count). The van der Waals surface area contributed by atoms with Crippen molar-refractivity contribution in [2.24, 2.45) is 0 Å². The number of carbonyl (C=O) groups excluding carboxylic acids is 1. The minimum Gasteiger partial charge on any atom is -0.291 e. The zero-order chi connectivity index (χ0) is 18.2. The third-order valence-corrected chi connectivity index (χ3v) is 3.88. The summed E-state index contributed by atoms with van der Waals surface area (Å²) in [5, 5.41) is 0.468. The van der Waals surface area contributed by atoms with Gasteiger partial charge in [0.25, 0.3) is 0 Å². The molecule has 132 valence electrons. The molecule has 1 aromatic carbocycles. The van der Waals surface area contributed by atoms with Crippen molar-refractivity contribution < 1.29 is 27.7 Å². The molecule has 0 N–H and O–H groups in total. The molecule has 1 aliphatic rings. The smallest absolute Gasteiger partial charge is 0.291 e. The van der Waals surface area contributed by atoms with Gasteiger partial charge in [-0.15, -0.1) is 0 Å².